The van der Waals surface area contributed by atoms with E-state index in [-0.39, 0.29) is 30.2 Å². The van der Waals surface area contributed by atoms with Gasteiger partial charge < -0.3 is 19.6 Å². The maximum absolute atomic E-state index is 13.2. The fraction of sp³-hybridized carbons (Fsp3) is 0.391. The first-order valence-corrected chi connectivity index (χ1v) is 11.5. The molecule has 0 radical (unpaired) electrons. The van der Waals surface area contributed by atoms with E-state index < -0.39 is 0 Å². The molecule has 33 heavy (non-hydrogen) atoms. The topological polar surface area (TPSA) is 107 Å². The molecule has 5 rings (SSSR count). The van der Waals surface area contributed by atoms with Crippen molar-refractivity contribution < 1.29 is 9.32 Å². The Morgan fingerprint density at radius 1 is 1.24 bits per heavy atom. The lowest BCUT2D eigenvalue weighted by molar-refractivity contribution is 0.160. The van der Waals surface area contributed by atoms with Crippen LogP contribution in [0.2, 0.25) is 5.02 Å². The summed E-state index contributed by atoms with van der Waals surface area (Å²) in [5.74, 6) is 1.16. The number of carbonyl (C=O) groups excluding carboxylic acids is 1. The molecule has 2 aromatic heterocycles. The third kappa shape index (κ3) is 5.03. The number of rotatable bonds is 6. The Morgan fingerprint density at radius 3 is 2.91 bits per heavy atom. The normalized spacial score (nSPS) is 18.2. The molecule has 0 spiro atoms. The number of urea groups is 1. The summed E-state index contributed by atoms with van der Waals surface area (Å²) in [6.45, 7) is 1.71. The predicted molar refractivity (Wildman–Crippen MR) is 124 cm³/mol. The number of hydrogen-bond acceptors (Lipinski definition) is 6. The van der Waals surface area contributed by atoms with Crippen LogP contribution in [0.1, 0.15) is 31.4 Å². The zero-order chi connectivity index (χ0) is 22.8. The molecule has 0 unspecified atom stereocenters. The van der Waals surface area contributed by atoms with Gasteiger partial charge in [-0.2, -0.15) is 0 Å². The Labute approximate surface area is 195 Å². The van der Waals surface area contributed by atoms with Crippen LogP contribution in [0.4, 0.5) is 10.7 Å². The van der Waals surface area contributed by atoms with E-state index in [9.17, 15) is 9.59 Å². The molecule has 1 aliphatic heterocycles. The molecule has 3 aromatic rings. The quantitative estimate of drug-likeness (QED) is 0.574. The van der Waals surface area contributed by atoms with Crippen LogP contribution in [0.15, 0.2) is 51.9 Å². The Morgan fingerprint density at radius 2 is 2.12 bits per heavy atom. The van der Waals surface area contributed by atoms with E-state index in [0.717, 1.165) is 37.8 Å². The summed E-state index contributed by atoms with van der Waals surface area (Å²) in [5.41, 5.74) is 1.30. The number of aromatic amines is 1. The molecule has 1 atom stereocenters. The summed E-state index contributed by atoms with van der Waals surface area (Å²) < 4.78 is 5.43. The van der Waals surface area contributed by atoms with Crippen molar-refractivity contribution in [3.63, 3.8) is 0 Å². The SMILES string of the molecule is O=C(NCc1cc(-c2cccc(Cl)c2)on1)N(C1CC1)[C@@H]1CCCN(c2nccc(=O)[nH]2)C1. The molecule has 2 aliphatic rings. The van der Waals surface area contributed by atoms with Crippen molar-refractivity contribution in [1.82, 2.24) is 25.3 Å². The van der Waals surface area contributed by atoms with Crippen LogP contribution in [0.5, 0.6) is 0 Å². The Kier molecular flexibility index (Phi) is 6.04. The van der Waals surface area contributed by atoms with Crippen LogP contribution in [-0.2, 0) is 6.54 Å². The van der Waals surface area contributed by atoms with Crippen molar-refractivity contribution in [2.24, 2.45) is 0 Å². The lowest BCUT2D eigenvalue weighted by Gasteiger charge is -2.39. The van der Waals surface area contributed by atoms with E-state index in [2.05, 4.69) is 20.4 Å². The molecule has 2 fully saturated rings. The molecular formula is C23H25ClN6O3. The number of piperidine rings is 1. The van der Waals surface area contributed by atoms with Crippen LogP contribution < -0.4 is 15.8 Å². The highest BCUT2D eigenvalue weighted by Gasteiger charge is 2.39. The smallest absolute Gasteiger partial charge is 0.318 e. The minimum absolute atomic E-state index is 0.0519. The van der Waals surface area contributed by atoms with Crippen molar-refractivity contribution in [3.05, 3.63) is 63.7 Å². The first-order valence-electron chi connectivity index (χ1n) is 11.1. The maximum Gasteiger partial charge on any atom is 0.318 e. The second-order valence-electron chi connectivity index (χ2n) is 8.49. The minimum atomic E-state index is -0.177. The molecule has 3 heterocycles. The summed E-state index contributed by atoms with van der Waals surface area (Å²) >= 11 is 6.06. The monoisotopic (exact) mass is 468 g/mol. The number of benzene rings is 1. The number of H-pyrrole nitrogens is 1. The van der Waals surface area contributed by atoms with E-state index in [1.165, 1.54) is 12.3 Å². The molecule has 9 nitrogen and oxygen atoms in total. The van der Waals surface area contributed by atoms with Gasteiger partial charge in [0, 0.05) is 48.0 Å². The van der Waals surface area contributed by atoms with Gasteiger partial charge in [0.1, 0.15) is 5.69 Å². The second kappa shape index (κ2) is 9.27. The van der Waals surface area contributed by atoms with E-state index in [0.29, 0.717) is 29.0 Å². The predicted octanol–water partition coefficient (Wildman–Crippen LogP) is 3.42. The van der Waals surface area contributed by atoms with Gasteiger partial charge in [-0.25, -0.2) is 9.78 Å². The van der Waals surface area contributed by atoms with Crippen molar-refractivity contribution in [2.75, 3.05) is 18.0 Å². The van der Waals surface area contributed by atoms with Crippen molar-refractivity contribution in [2.45, 2.75) is 44.3 Å². The third-order valence-electron chi connectivity index (χ3n) is 6.01. The number of nitrogens with zero attached hydrogens (tertiary/aromatic N) is 4. The Bertz CT molecular complexity index is 1190. The summed E-state index contributed by atoms with van der Waals surface area (Å²) in [7, 11) is 0. The van der Waals surface area contributed by atoms with Gasteiger partial charge in [-0.15, -0.1) is 0 Å². The van der Waals surface area contributed by atoms with Crippen LogP contribution in [-0.4, -0.2) is 51.2 Å². The number of nitrogens with one attached hydrogen (secondary N) is 2. The van der Waals surface area contributed by atoms with Crippen LogP contribution in [0.25, 0.3) is 11.3 Å². The summed E-state index contributed by atoms with van der Waals surface area (Å²) in [6.07, 6.45) is 5.37. The van der Waals surface area contributed by atoms with Crippen LogP contribution in [0.3, 0.4) is 0 Å². The van der Waals surface area contributed by atoms with Gasteiger partial charge in [0.15, 0.2) is 5.76 Å². The van der Waals surface area contributed by atoms with Gasteiger partial charge in [0.2, 0.25) is 5.95 Å². The maximum atomic E-state index is 13.2. The molecule has 2 N–H and O–H groups in total. The zero-order valence-electron chi connectivity index (χ0n) is 18.0. The summed E-state index contributed by atoms with van der Waals surface area (Å²) in [4.78, 5) is 35.9. The average Bonchev–Trinajstić information content (AvgIpc) is 3.53. The second-order valence-corrected chi connectivity index (χ2v) is 8.93. The molecular weight excluding hydrogens is 444 g/mol. The Hall–Kier alpha value is -3.33. The van der Waals surface area contributed by atoms with Gasteiger partial charge in [0.05, 0.1) is 12.6 Å². The number of carbonyl (C=O) groups is 1. The molecule has 0 bridgehead atoms. The first kappa shape index (κ1) is 21.5. The highest BCUT2D eigenvalue weighted by Crippen LogP contribution is 2.32. The van der Waals surface area contributed by atoms with Gasteiger partial charge in [-0.3, -0.25) is 9.78 Å². The fourth-order valence-corrected chi connectivity index (χ4v) is 4.50. The Balaban J connectivity index is 1.24. The highest BCUT2D eigenvalue weighted by atomic mass is 35.5. The number of aromatic nitrogens is 3. The van der Waals surface area contributed by atoms with Crippen molar-refractivity contribution >= 4 is 23.6 Å². The van der Waals surface area contributed by atoms with Crippen LogP contribution >= 0.6 is 11.6 Å². The largest absolute Gasteiger partial charge is 0.356 e. The van der Waals surface area contributed by atoms with Crippen molar-refractivity contribution in [1.29, 1.82) is 0 Å². The summed E-state index contributed by atoms with van der Waals surface area (Å²) in [5, 5.41) is 7.71. The lowest BCUT2D eigenvalue weighted by atomic mass is 10.0. The standard InChI is InChI=1S/C23H25ClN6O3/c24-16-4-1-3-15(11-16)20-12-17(28-33-20)13-26-23(32)30(18-6-7-18)19-5-2-10-29(14-19)22-25-9-8-21(31)27-22/h1,3-4,8-9,11-12,18-19H,2,5-7,10,13-14H2,(H,26,32)(H,25,27,31)/t19-/m1/s1. The lowest BCUT2D eigenvalue weighted by Crippen LogP contribution is -2.54. The average molecular weight is 469 g/mol. The number of anilines is 1. The van der Waals surface area contributed by atoms with Crippen molar-refractivity contribution in [3.8, 4) is 11.3 Å². The first-order chi connectivity index (χ1) is 16.1. The highest BCUT2D eigenvalue weighted by molar-refractivity contribution is 6.30. The van der Waals surface area contributed by atoms with Crippen LogP contribution in [0, 0.1) is 0 Å². The molecule has 172 valence electrons. The van der Waals surface area contributed by atoms with Gasteiger partial charge in [0.25, 0.3) is 5.56 Å². The third-order valence-corrected chi connectivity index (χ3v) is 6.25. The molecule has 2 amide bonds. The number of hydrogen-bond donors (Lipinski definition) is 2. The molecule has 1 aromatic carbocycles. The van der Waals surface area contributed by atoms with E-state index >= 15 is 0 Å². The fourth-order valence-electron chi connectivity index (χ4n) is 4.31. The van der Waals surface area contributed by atoms with E-state index in [1.807, 2.05) is 34.1 Å². The van der Waals surface area contributed by atoms with Gasteiger partial charge >= 0.3 is 6.03 Å². The summed E-state index contributed by atoms with van der Waals surface area (Å²) in [6, 6.07) is 10.8. The molecule has 1 saturated heterocycles. The number of amides is 2. The minimum Gasteiger partial charge on any atom is -0.356 e. The van der Waals surface area contributed by atoms with E-state index in [4.69, 9.17) is 16.1 Å². The number of halogens is 1. The molecule has 1 aliphatic carbocycles. The van der Waals surface area contributed by atoms with Gasteiger partial charge in [-0.05, 0) is 37.8 Å². The van der Waals surface area contributed by atoms with E-state index in [1.54, 1.807) is 6.07 Å². The zero-order valence-corrected chi connectivity index (χ0v) is 18.8. The van der Waals surface area contributed by atoms with Gasteiger partial charge in [-0.1, -0.05) is 28.9 Å². The molecule has 10 heteroatoms. The molecule has 1 saturated carbocycles.